The zero-order chi connectivity index (χ0) is 23.0. The van der Waals surface area contributed by atoms with Crippen molar-refractivity contribution in [3.8, 4) is 17.0 Å². The second kappa shape index (κ2) is 10.2. The number of hydrogen-bond acceptors (Lipinski definition) is 8. The van der Waals surface area contributed by atoms with Gasteiger partial charge in [0, 0.05) is 31.9 Å². The number of hydrogen-bond donors (Lipinski definition) is 3. The summed E-state index contributed by atoms with van der Waals surface area (Å²) in [5, 5.41) is 21.8. The van der Waals surface area contributed by atoms with Gasteiger partial charge in [-0.1, -0.05) is 18.2 Å². The normalized spacial score (nSPS) is 10.5. The Morgan fingerprint density at radius 1 is 0.970 bits per heavy atom. The molecule has 0 unspecified atom stereocenters. The summed E-state index contributed by atoms with van der Waals surface area (Å²) in [5.41, 5.74) is 2.05. The molecule has 0 saturated carbocycles. The highest BCUT2D eigenvalue weighted by molar-refractivity contribution is 5.93. The lowest BCUT2D eigenvalue weighted by atomic mass is 10.1. The first-order chi connectivity index (χ1) is 16.1. The van der Waals surface area contributed by atoms with Gasteiger partial charge in [0.2, 0.25) is 0 Å². The van der Waals surface area contributed by atoms with Gasteiger partial charge in [0.05, 0.1) is 12.8 Å². The molecule has 0 fully saturated rings. The van der Waals surface area contributed by atoms with Gasteiger partial charge >= 0.3 is 0 Å². The third-order valence-electron chi connectivity index (χ3n) is 4.78. The van der Waals surface area contributed by atoms with Crippen molar-refractivity contribution in [2.45, 2.75) is 0 Å². The first kappa shape index (κ1) is 21.8. The summed E-state index contributed by atoms with van der Waals surface area (Å²) in [6.07, 6.45) is 1.70. The van der Waals surface area contributed by atoms with Crippen LogP contribution in [-0.4, -0.2) is 51.1 Å². The van der Waals surface area contributed by atoms with Crippen molar-refractivity contribution in [3.05, 3.63) is 72.6 Å². The molecule has 0 spiro atoms. The molecule has 1 amide bonds. The number of anilines is 3. The van der Waals surface area contributed by atoms with Crippen molar-refractivity contribution >= 4 is 23.4 Å². The molecule has 0 bridgehead atoms. The number of carbonyl (C=O) groups excluding carboxylic acids is 1. The number of amides is 1. The third kappa shape index (κ3) is 5.62. The van der Waals surface area contributed by atoms with Crippen molar-refractivity contribution in [3.63, 3.8) is 0 Å². The Morgan fingerprint density at radius 2 is 1.82 bits per heavy atom. The molecule has 0 saturated heterocycles. The van der Waals surface area contributed by atoms with E-state index in [0.29, 0.717) is 41.9 Å². The summed E-state index contributed by atoms with van der Waals surface area (Å²) in [6.45, 7) is 0.905. The topological polar surface area (TPSA) is 119 Å². The van der Waals surface area contributed by atoms with Crippen LogP contribution < -0.4 is 20.7 Å². The maximum Gasteiger partial charge on any atom is 0.269 e. The maximum absolute atomic E-state index is 12.6. The molecule has 10 nitrogen and oxygen atoms in total. The van der Waals surface area contributed by atoms with Crippen LogP contribution in [0.25, 0.3) is 11.3 Å². The Kier molecular flexibility index (Phi) is 6.74. The van der Waals surface area contributed by atoms with Gasteiger partial charge in [-0.2, -0.15) is 5.10 Å². The fourth-order valence-electron chi connectivity index (χ4n) is 3.12. The number of aryl methyl sites for hydroxylation is 1. The lowest BCUT2D eigenvalue weighted by molar-refractivity contribution is 0.0946. The molecule has 0 aliphatic rings. The number of benzene rings is 1. The number of ether oxygens (including phenoxy) is 1. The van der Waals surface area contributed by atoms with Gasteiger partial charge in [-0.05, 0) is 42.5 Å². The van der Waals surface area contributed by atoms with Crippen LogP contribution in [0.1, 0.15) is 10.5 Å². The Morgan fingerprint density at radius 3 is 2.58 bits per heavy atom. The van der Waals surface area contributed by atoms with Crippen molar-refractivity contribution in [1.29, 1.82) is 0 Å². The summed E-state index contributed by atoms with van der Waals surface area (Å²) < 4.78 is 6.83. The Bertz CT molecular complexity index is 1210. The minimum Gasteiger partial charge on any atom is -0.497 e. The van der Waals surface area contributed by atoms with Gasteiger partial charge in [-0.3, -0.25) is 9.48 Å². The highest BCUT2D eigenvalue weighted by Crippen LogP contribution is 2.23. The van der Waals surface area contributed by atoms with E-state index in [2.05, 4.69) is 36.2 Å². The minimum atomic E-state index is -0.207. The molecule has 0 aliphatic carbocycles. The Balaban J connectivity index is 1.27. The molecule has 33 heavy (non-hydrogen) atoms. The minimum absolute atomic E-state index is 0.207. The molecule has 3 heterocycles. The molecule has 1 aromatic carbocycles. The molecule has 4 rings (SSSR count). The number of nitrogens with one attached hydrogen (secondary N) is 3. The third-order valence-corrected chi connectivity index (χ3v) is 4.78. The second-order valence-electron chi connectivity index (χ2n) is 7.10. The molecule has 10 heteroatoms. The summed E-state index contributed by atoms with van der Waals surface area (Å²) >= 11 is 0. The van der Waals surface area contributed by atoms with E-state index >= 15 is 0 Å². The first-order valence-corrected chi connectivity index (χ1v) is 10.3. The van der Waals surface area contributed by atoms with Crippen LogP contribution in [0, 0.1) is 0 Å². The van der Waals surface area contributed by atoms with E-state index in [1.165, 1.54) is 0 Å². The number of pyridine rings is 1. The Hall–Kier alpha value is -4.47. The van der Waals surface area contributed by atoms with Gasteiger partial charge in [0.25, 0.3) is 5.91 Å². The van der Waals surface area contributed by atoms with E-state index in [0.717, 1.165) is 11.3 Å². The van der Waals surface area contributed by atoms with Gasteiger partial charge in [-0.25, -0.2) is 4.98 Å². The van der Waals surface area contributed by atoms with E-state index in [1.807, 2.05) is 48.5 Å². The quantitative estimate of drug-likeness (QED) is 0.337. The van der Waals surface area contributed by atoms with Crippen molar-refractivity contribution < 1.29 is 9.53 Å². The lowest BCUT2D eigenvalue weighted by Crippen LogP contribution is -2.30. The number of aromatic nitrogens is 5. The second-order valence-corrected chi connectivity index (χ2v) is 7.10. The monoisotopic (exact) mass is 444 g/mol. The fraction of sp³-hybridized carbons (Fsp3) is 0.174. The average Bonchev–Trinajstić information content (AvgIpc) is 3.25. The SMILES string of the molecule is COc1cccc(-c2cc(C(=O)NCCNc3ccc(Nc4ccccn4)nn3)n(C)n2)c1. The fourth-order valence-corrected chi connectivity index (χ4v) is 3.12. The summed E-state index contributed by atoms with van der Waals surface area (Å²) in [5.74, 6) is 2.42. The zero-order valence-corrected chi connectivity index (χ0v) is 18.3. The lowest BCUT2D eigenvalue weighted by Gasteiger charge is -2.08. The molecule has 0 atom stereocenters. The molecule has 0 radical (unpaired) electrons. The van der Waals surface area contributed by atoms with Crippen LogP contribution in [0.4, 0.5) is 17.5 Å². The largest absolute Gasteiger partial charge is 0.497 e. The predicted molar refractivity (Wildman–Crippen MR) is 126 cm³/mol. The van der Waals surface area contributed by atoms with E-state index < -0.39 is 0 Å². The van der Waals surface area contributed by atoms with E-state index in [4.69, 9.17) is 4.74 Å². The molecular formula is C23H24N8O2. The number of carbonyl (C=O) groups is 1. The standard InChI is InChI=1S/C23H24N8O2/c1-31-19(15-18(30-31)16-6-5-7-17(14-16)33-2)23(32)26-13-12-25-21-9-10-22(29-28-21)27-20-8-3-4-11-24-20/h3-11,14-15H,12-13H2,1-2H3,(H,25,28)(H,26,32)(H,24,27,29). The van der Waals surface area contributed by atoms with Gasteiger partial charge < -0.3 is 20.7 Å². The molecule has 3 N–H and O–H groups in total. The maximum atomic E-state index is 12.6. The van der Waals surface area contributed by atoms with Crippen LogP contribution in [0.5, 0.6) is 5.75 Å². The van der Waals surface area contributed by atoms with E-state index in [-0.39, 0.29) is 5.91 Å². The van der Waals surface area contributed by atoms with Crippen molar-refractivity contribution in [2.75, 3.05) is 30.8 Å². The molecular weight excluding hydrogens is 420 g/mol. The molecule has 0 aliphatic heterocycles. The van der Waals surface area contributed by atoms with Crippen LogP contribution in [0.2, 0.25) is 0 Å². The van der Waals surface area contributed by atoms with Crippen LogP contribution in [0.15, 0.2) is 66.9 Å². The van der Waals surface area contributed by atoms with Crippen LogP contribution >= 0.6 is 0 Å². The number of methoxy groups -OCH3 is 1. The number of nitrogens with zero attached hydrogens (tertiary/aromatic N) is 5. The zero-order valence-electron chi connectivity index (χ0n) is 18.3. The highest BCUT2D eigenvalue weighted by Gasteiger charge is 2.14. The molecule has 168 valence electrons. The smallest absolute Gasteiger partial charge is 0.269 e. The van der Waals surface area contributed by atoms with Gasteiger partial charge in [-0.15, -0.1) is 10.2 Å². The summed E-state index contributed by atoms with van der Waals surface area (Å²) in [7, 11) is 3.36. The highest BCUT2D eigenvalue weighted by atomic mass is 16.5. The van der Waals surface area contributed by atoms with E-state index in [1.54, 1.807) is 37.2 Å². The van der Waals surface area contributed by atoms with Gasteiger partial charge in [0.15, 0.2) is 5.82 Å². The average molecular weight is 444 g/mol. The Labute approximate surface area is 191 Å². The van der Waals surface area contributed by atoms with Crippen LogP contribution in [0.3, 0.4) is 0 Å². The summed E-state index contributed by atoms with van der Waals surface area (Å²) in [4.78, 5) is 16.8. The van der Waals surface area contributed by atoms with Crippen molar-refractivity contribution in [2.24, 2.45) is 7.05 Å². The predicted octanol–water partition coefficient (Wildman–Crippen LogP) is 2.87. The summed E-state index contributed by atoms with van der Waals surface area (Å²) in [6, 6.07) is 18.5. The molecule has 4 aromatic rings. The number of rotatable bonds is 9. The first-order valence-electron chi connectivity index (χ1n) is 10.3. The molecule has 3 aromatic heterocycles. The van der Waals surface area contributed by atoms with Gasteiger partial charge in [0.1, 0.15) is 23.1 Å². The van der Waals surface area contributed by atoms with Crippen LogP contribution in [-0.2, 0) is 7.05 Å². The van der Waals surface area contributed by atoms with E-state index in [9.17, 15) is 4.79 Å². The van der Waals surface area contributed by atoms with Crippen molar-refractivity contribution in [1.82, 2.24) is 30.3 Å².